The molecule has 7 aromatic rings. The van der Waals surface area contributed by atoms with Crippen LogP contribution in [0.2, 0.25) is 0 Å². The van der Waals surface area contributed by atoms with Crippen LogP contribution < -0.4 is 16.3 Å². The van der Waals surface area contributed by atoms with Crippen LogP contribution in [0, 0.1) is 19.8 Å². The molecule has 0 spiro atoms. The van der Waals surface area contributed by atoms with Crippen LogP contribution in [0.4, 0.5) is 5.69 Å². The van der Waals surface area contributed by atoms with E-state index in [-0.39, 0.29) is 17.4 Å². The number of nitrogens with zero attached hydrogens (tertiary/aromatic N) is 1. The summed E-state index contributed by atoms with van der Waals surface area (Å²) in [7, 11) is 0. The number of anilines is 1. The van der Waals surface area contributed by atoms with Gasteiger partial charge in [0.2, 0.25) is 5.89 Å². The molecule has 0 bridgehead atoms. The summed E-state index contributed by atoms with van der Waals surface area (Å²) >= 11 is 0. The summed E-state index contributed by atoms with van der Waals surface area (Å²) in [6.45, 7) is 4.56. The molecule has 0 aliphatic heterocycles. The van der Waals surface area contributed by atoms with E-state index in [1.54, 1.807) is 12.1 Å². The average molecular weight is 688 g/mol. The normalized spacial score (nSPS) is 13.0. The predicted molar refractivity (Wildman–Crippen MR) is 210 cm³/mol. The van der Waals surface area contributed by atoms with Crippen LogP contribution in [-0.2, 0) is 0 Å². The van der Waals surface area contributed by atoms with Crippen LogP contribution in [-0.4, -0.2) is 23.3 Å². The molecule has 1 fully saturated rings. The van der Waals surface area contributed by atoms with E-state index in [9.17, 15) is 14.4 Å². The minimum Gasteiger partial charge on any atom is -0.403 e. The van der Waals surface area contributed by atoms with Gasteiger partial charge in [-0.05, 0) is 89.5 Å². The molecule has 2 amide bonds. The van der Waals surface area contributed by atoms with Crippen molar-refractivity contribution in [2.75, 3.05) is 11.9 Å². The molecule has 1 saturated carbocycles. The lowest BCUT2D eigenvalue weighted by Gasteiger charge is -2.22. The summed E-state index contributed by atoms with van der Waals surface area (Å²) in [5.74, 6) is 0.588. The lowest BCUT2D eigenvalue weighted by molar-refractivity contribution is 0.0944. The maximum Gasteiger partial charge on any atom is 0.347 e. The van der Waals surface area contributed by atoms with Gasteiger partial charge < -0.3 is 15.1 Å². The van der Waals surface area contributed by atoms with Gasteiger partial charge in [0.05, 0.1) is 22.2 Å². The first-order chi connectivity index (χ1) is 25.4. The monoisotopic (exact) mass is 687 g/mol. The molecule has 260 valence electrons. The minimum absolute atomic E-state index is 0.127. The number of amides is 2. The third kappa shape index (κ3) is 7.35. The van der Waals surface area contributed by atoms with Gasteiger partial charge in [0, 0.05) is 17.7 Å². The van der Waals surface area contributed by atoms with Crippen molar-refractivity contribution in [2.24, 2.45) is 5.92 Å². The summed E-state index contributed by atoms with van der Waals surface area (Å²) in [6, 6.07) is 38.5. The first-order valence-corrected chi connectivity index (χ1v) is 17.9. The second-order valence-corrected chi connectivity index (χ2v) is 13.5. The number of carbonyl (C=O) groups excluding carboxylic acids is 2. The number of fused-ring (bicyclic) bond motifs is 3. The lowest BCUT2D eigenvalue weighted by Crippen LogP contribution is -2.31. The molecule has 1 aliphatic carbocycles. The van der Waals surface area contributed by atoms with Crippen molar-refractivity contribution < 1.29 is 14.0 Å². The van der Waals surface area contributed by atoms with E-state index in [1.165, 1.54) is 32.1 Å². The van der Waals surface area contributed by atoms with Gasteiger partial charge >= 0.3 is 5.63 Å². The number of hydrogen-bond donors (Lipinski definition) is 2. The number of aryl methyl sites for hydroxylation is 2. The van der Waals surface area contributed by atoms with Crippen LogP contribution in [0.5, 0.6) is 0 Å². The van der Waals surface area contributed by atoms with Gasteiger partial charge in [0.25, 0.3) is 11.8 Å². The highest BCUT2D eigenvalue weighted by Gasteiger charge is 2.20. The molecule has 2 N–H and O–H groups in total. The topological polar surface area (TPSA) is 101 Å². The largest absolute Gasteiger partial charge is 0.403 e. The molecule has 1 heterocycles. The molecule has 0 saturated heterocycles. The zero-order chi connectivity index (χ0) is 36.0. The maximum atomic E-state index is 13.1. The number of carbonyl (C=O) groups is 2. The molecule has 52 heavy (non-hydrogen) atoms. The third-order valence-corrected chi connectivity index (χ3v) is 9.95. The summed E-state index contributed by atoms with van der Waals surface area (Å²) in [4.78, 5) is 42.9. The van der Waals surface area contributed by atoms with Crippen molar-refractivity contribution in [3.8, 4) is 11.5 Å². The quantitative estimate of drug-likeness (QED) is 0.181. The van der Waals surface area contributed by atoms with E-state index in [1.807, 2.05) is 123 Å². The molecule has 8 rings (SSSR count). The van der Waals surface area contributed by atoms with Crippen LogP contribution in [0.3, 0.4) is 0 Å². The number of aromatic nitrogens is 1. The Morgan fingerprint density at radius 2 is 1.25 bits per heavy atom. The molecule has 6 aromatic carbocycles. The highest BCUT2D eigenvalue weighted by molar-refractivity contribution is 6.15. The average Bonchev–Trinajstić information content (AvgIpc) is 3.18. The van der Waals surface area contributed by atoms with Crippen molar-refractivity contribution >= 4 is 49.9 Å². The maximum absolute atomic E-state index is 13.1. The first-order valence-electron chi connectivity index (χ1n) is 17.9. The SMILES string of the molecule is Cc1cccc(C(=O)NCC2CCCCC2)c1NC(=O)c1cccc2ccccc12.Cc1cccc2c(=O)oc(-c3cccc4ccccc34)nc12. The van der Waals surface area contributed by atoms with Gasteiger partial charge in [0.15, 0.2) is 0 Å². The molecule has 7 nitrogen and oxygen atoms in total. The molecule has 0 atom stereocenters. The van der Waals surface area contributed by atoms with Gasteiger partial charge in [-0.3, -0.25) is 9.59 Å². The van der Waals surface area contributed by atoms with Gasteiger partial charge in [0.1, 0.15) is 0 Å². The van der Waals surface area contributed by atoms with Crippen molar-refractivity contribution in [2.45, 2.75) is 46.0 Å². The second-order valence-electron chi connectivity index (χ2n) is 13.5. The van der Waals surface area contributed by atoms with Crippen molar-refractivity contribution in [3.05, 3.63) is 154 Å². The van der Waals surface area contributed by atoms with Crippen molar-refractivity contribution in [3.63, 3.8) is 0 Å². The zero-order valence-electron chi connectivity index (χ0n) is 29.4. The van der Waals surface area contributed by atoms with Crippen LogP contribution in [0.15, 0.2) is 131 Å². The Bertz CT molecular complexity index is 2470. The van der Waals surface area contributed by atoms with Gasteiger partial charge in [-0.2, -0.15) is 0 Å². The first kappa shape index (κ1) is 34.4. The minimum atomic E-state index is -0.350. The van der Waals surface area contributed by atoms with E-state index >= 15 is 0 Å². The molecule has 1 aliphatic rings. The number of para-hydroxylation sites is 2. The van der Waals surface area contributed by atoms with Crippen LogP contribution in [0.1, 0.15) is 63.9 Å². The molecule has 0 unspecified atom stereocenters. The number of rotatable bonds is 6. The highest BCUT2D eigenvalue weighted by Crippen LogP contribution is 2.29. The standard InChI is InChI=1S/C26H28N2O2.C19H13NO2/c1-18-9-7-16-23(25(29)27-17-19-10-3-2-4-11-19)24(18)28-26(30)22-15-8-13-20-12-5-6-14-21(20)22;1-12-6-4-11-16-17(12)20-18(22-19(16)21)15-10-5-8-13-7-2-3-9-14(13)15/h5-9,12-16,19H,2-4,10-11,17H2,1H3,(H,27,29)(H,28,30);2-11H,1H3. The summed E-state index contributed by atoms with van der Waals surface area (Å²) in [5, 5.41) is 10.6. The van der Waals surface area contributed by atoms with Gasteiger partial charge in [-0.15, -0.1) is 0 Å². The summed E-state index contributed by atoms with van der Waals surface area (Å²) < 4.78 is 5.47. The number of nitrogens with one attached hydrogen (secondary N) is 2. The Labute approximate surface area is 302 Å². The van der Waals surface area contributed by atoms with Crippen LogP contribution in [0.25, 0.3) is 43.9 Å². The second kappa shape index (κ2) is 15.4. The fourth-order valence-corrected chi connectivity index (χ4v) is 7.12. The third-order valence-electron chi connectivity index (χ3n) is 9.95. The van der Waals surface area contributed by atoms with E-state index in [0.29, 0.717) is 46.1 Å². The molecular weight excluding hydrogens is 647 g/mol. The Balaban J connectivity index is 0.000000169. The summed E-state index contributed by atoms with van der Waals surface area (Å²) in [6.07, 6.45) is 6.15. The van der Waals surface area contributed by atoms with E-state index < -0.39 is 0 Å². The number of benzene rings is 6. The van der Waals surface area contributed by atoms with Gasteiger partial charge in [-0.25, -0.2) is 9.78 Å². The Morgan fingerprint density at radius 3 is 2.04 bits per heavy atom. The molecule has 0 radical (unpaired) electrons. The highest BCUT2D eigenvalue weighted by atomic mass is 16.4. The van der Waals surface area contributed by atoms with Crippen molar-refractivity contribution in [1.29, 1.82) is 0 Å². The fourth-order valence-electron chi connectivity index (χ4n) is 7.12. The van der Waals surface area contributed by atoms with Crippen molar-refractivity contribution in [1.82, 2.24) is 10.3 Å². The Morgan fingerprint density at radius 1 is 0.654 bits per heavy atom. The summed E-state index contributed by atoms with van der Waals surface area (Å²) in [5.41, 5.74) is 4.71. The Hall–Kier alpha value is -6.08. The zero-order valence-corrected chi connectivity index (χ0v) is 29.4. The smallest absolute Gasteiger partial charge is 0.347 e. The molecule has 1 aromatic heterocycles. The van der Waals surface area contributed by atoms with E-state index in [4.69, 9.17) is 4.42 Å². The molecule has 7 heteroatoms. The molecular formula is C45H41N3O4. The fraction of sp³-hybridized carbons (Fsp3) is 0.200. The van der Waals surface area contributed by atoms with E-state index in [2.05, 4.69) is 15.6 Å². The number of hydrogen-bond acceptors (Lipinski definition) is 5. The van der Waals surface area contributed by atoms with E-state index in [0.717, 1.165) is 38.2 Å². The predicted octanol–water partition coefficient (Wildman–Crippen LogP) is 10.0. The van der Waals surface area contributed by atoms with Crippen LogP contribution >= 0.6 is 0 Å². The van der Waals surface area contributed by atoms with Gasteiger partial charge in [-0.1, -0.05) is 116 Å². The lowest BCUT2D eigenvalue weighted by atomic mass is 9.89. The Kier molecular flexibility index (Phi) is 10.2.